The van der Waals surface area contributed by atoms with Gasteiger partial charge in [-0.1, -0.05) is 32.0 Å². The average molecular weight is 404 g/mol. The molecule has 0 saturated carbocycles. The molecule has 2 N–H and O–H groups in total. The average Bonchev–Trinajstić information content (AvgIpc) is 2.99. The Balaban J connectivity index is 2.08. The van der Waals surface area contributed by atoms with E-state index in [1.165, 1.54) is 12.1 Å². The number of carboxylic acids is 2. The second kappa shape index (κ2) is 8.37. The number of aromatic nitrogens is 1. The molecule has 0 aliphatic rings. The van der Waals surface area contributed by atoms with Crippen molar-refractivity contribution in [3.05, 3.63) is 82.2 Å². The summed E-state index contributed by atoms with van der Waals surface area (Å²) in [6.45, 7) is 8.03. The first-order chi connectivity index (χ1) is 14.2. The molecule has 0 aliphatic heterocycles. The van der Waals surface area contributed by atoms with Crippen molar-refractivity contribution in [2.75, 3.05) is 0 Å². The van der Waals surface area contributed by atoms with Crippen molar-refractivity contribution < 1.29 is 19.8 Å². The molecule has 1 aromatic heterocycles. The third-order valence-electron chi connectivity index (χ3n) is 5.04. The molecule has 0 unspecified atom stereocenters. The van der Waals surface area contributed by atoms with E-state index in [9.17, 15) is 19.8 Å². The Labute approximate surface area is 175 Å². The third-order valence-corrected chi connectivity index (χ3v) is 5.04. The first kappa shape index (κ1) is 21.0. The zero-order valence-corrected chi connectivity index (χ0v) is 17.4. The van der Waals surface area contributed by atoms with Crippen LogP contribution in [-0.2, 0) is 0 Å². The summed E-state index contributed by atoms with van der Waals surface area (Å²) in [4.78, 5) is 27.6. The molecule has 6 heteroatoms. The first-order valence-corrected chi connectivity index (χ1v) is 9.63. The summed E-state index contributed by atoms with van der Waals surface area (Å²) in [6, 6.07) is 14.0. The molecular formula is C24H24N2O4. The SMILES string of the molecule is Cc1cc(C=Nc2ccccc2C(C)C)c(C)n1-c1cc(C(=O)O)cc(C(=O)O)c1. The molecule has 0 saturated heterocycles. The Morgan fingerprint density at radius 2 is 1.57 bits per heavy atom. The van der Waals surface area contributed by atoms with Crippen molar-refractivity contribution in [2.45, 2.75) is 33.6 Å². The van der Waals surface area contributed by atoms with Gasteiger partial charge in [0, 0.05) is 28.9 Å². The lowest BCUT2D eigenvalue weighted by atomic mass is 10.0. The minimum atomic E-state index is -1.17. The van der Waals surface area contributed by atoms with Crippen molar-refractivity contribution in [1.29, 1.82) is 0 Å². The minimum Gasteiger partial charge on any atom is -0.478 e. The summed E-state index contributed by atoms with van der Waals surface area (Å²) in [5, 5.41) is 18.7. The molecule has 6 nitrogen and oxygen atoms in total. The highest BCUT2D eigenvalue weighted by Gasteiger charge is 2.16. The fourth-order valence-corrected chi connectivity index (χ4v) is 3.54. The Hall–Kier alpha value is -3.67. The molecule has 3 rings (SSSR count). The predicted octanol–water partition coefficient (Wildman–Crippen LogP) is 5.36. The van der Waals surface area contributed by atoms with Crippen molar-refractivity contribution in [3.8, 4) is 5.69 Å². The molecule has 2 aromatic carbocycles. The van der Waals surface area contributed by atoms with Crippen LogP contribution in [0, 0.1) is 13.8 Å². The smallest absolute Gasteiger partial charge is 0.335 e. The minimum absolute atomic E-state index is 0.0709. The number of carboxylic acid groups (broad SMARTS) is 2. The second-order valence-corrected chi connectivity index (χ2v) is 7.51. The van der Waals surface area contributed by atoms with Crippen LogP contribution >= 0.6 is 0 Å². The number of aromatic carboxylic acids is 2. The molecule has 154 valence electrons. The maximum Gasteiger partial charge on any atom is 0.335 e. The largest absolute Gasteiger partial charge is 0.478 e. The fraction of sp³-hybridized carbons (Fsp3) is 0.208. The van der Waals surface area contributed by atoms with Crippen LogP contribution in [0.15, 0.2) is 53.5 Å². The lowest BCUT2D eigenvalue weighted by molar-refractivity contribution is 0.0696. The van der Waals surface area contributed by atoms with Crippen LogP contribution in [-0.4, -0.2) is 32.9 Å². The van der Waals surface area contributed by atoms with Crippen LogP contribution in [0.2, 0.25) is 0 Å². The molecule has 0 fully saturated rings. The highest BCUT2D eigenvalue weighted by molar-refractivity contribution is 5.95. The number of aryl methyl sites for hydroxylation is 1. The van der Waals surface area contributed by atoms with E-state index in [1.54, 1.807) is 6.21 Å². The van der Waals surface area contributed by atoms with Crippen molar-refractivity contribution in [1.82, 2.24) is 4.57 Å². The van der Waals surface area contributed by atoms with Crippen molar-refractivity contribution in [3.63, 3.8) is 0 Å². The van der Waals surface area contributed by atoms with Gasteiger partial charge in [0.1, 0.15) is 0 Å². The Morgan fingerprint density at radius 1 is 0.967 bits per heavy atom. The van der Waals surface area contributed by atoms with Crippen LogP contribution in [0.3, 0.4) is 0 Å². The maximum absolute atomic E-state index is 11.5. The second-order valence-electron chi connectivity index (χ2n) is 7.51. The van der Waals surface area contributed by atoms with Crippen LogP contribution in [0.4, 0.5) is 5.69 Å². The molecule has 0 amide bonds. The number of hydrogen-bond acceptors (Lipinski definition) is 3. The van der Waals surface area contributed by atoms with E-state index in [4.69, 9.17) is 0 Å². The van der Waals surface area contributed by atoms with Gasteiger partial charge < -0.3 is 14.8 Å². The van der Waals surface area contributed by atoms with E-state index in [1.807, 2.05) is 42.7 Å². The number of para-hydroxylation sites is 1. The third kappa shape index (κ3) is 4.17. The summed E-state index contributed by atoms with van der Waals surface area (Å²) in [5.74, 6) is -2.00. The molecular weight excluding hydrogens is 380 g/mol. The molecule has 0 aliphatic carbocycles. The van der Waals surface area contributed by atoms with Crippen LogP contribution < -0.4 is 0 Å². The monoisotopic (exact) mass is 404 g/mol. The van der Waals surface area contributed by atoms with Gasteiger partial charge in [0.2, 0.25) is 0 Å². The highest BCUT2D eigenvalue weighted by Crippen LogP contribution is 2.27. The zero-order valence-electron chi connectivity index (χ0n) is 17.4. The Bertz CT molecular complexity index is 1120. The van der Waals surface area contributed by atoms with E-state index < -0.39 is 11.9 Å². The highest BCUT2D eigenvalue weighted by atomic mass is 16.4. The standard InChI is InChI=1S/C24H24N2O4/c1-14(2)21-7-5-6-8-22(21)25-13-19-9-15(3)26(16(19)4)20-11-17(23(27)28)10-18(12-20)24(29)30/h5-14H,1-4H3,(H,27,28)(H,29,30). The zero-order chi connectivity index (χ0) is 22.0. The van der Waals surface area contributed by atoms with E-state index >= 15 is 0 Å². The van der Waals surface area contributed by atoms with Crippen molar-refractivity contribution >= 4 is 23.8 Å². The predicted molar refractivity (Wildman–Crippen MR) is 117 cm³/mol. The van der Waals surface area contributed by atoms with Crippen LogP contribution in [0.25, 0.3) is 5.69 Å². The number of aliphatic imine (C=N–C) groups is 1. The van der Waals surface area contributed by atoms with Gasteiger partial charge in [0.25, 0.3) is 0 Å². The van der Waals surface area contributed by atoms with Gasteiger partial charge in [0.15, 0.2) is 0 Å². The number of rotatable bonds is 6. The first-order valence-electron chi connectivity index (χ1n) is 9.63. The Morgan fingerprint density at radius 3 is 2.13 bits per heavy atom. The summed E-state index contributed by atoms with van der Waals surface area (Å²) in [7, 11) is 0. The van der Waals surface area contributed by atoms with Gasteiger partial charge in [-0.25, -0.2) is 9.59 Å². The molecule has 0 bridgehead atoms. The van der Waals surface area contributed by atoms with E-state index in [2.05, 4.69) is 24.9 Å². The Kier molecular flexibility index (Phi) is 5.87. The topological polar surface area (TPSA) is 91.9 Å². The summed E-state index contributed by atoms with van der Waals surface area (Å²) >= 11 is 0. The van der Waals surface area contributed by atoms with Gasteiger partial charge in [0.05, 0.1) is 16.8 Å². The summed E-state index contributed by atoms with van der Waals surface area (Å²) in [5.41, 5.74) is 4.98. The molecule has 1 heterocycles. The molecule has 30 heavy (non-hydrogen) atoms. The fourth-order valence-electron chi connectivity index (χ4n) is 3.54. The maximum atomic E-state index is 11.5. The van der Waals surface area contributed by atoms with E-state index in [-0.39, 0.29) is 11.1 Å². The molecule has 0 atom stereocenters. The van der Waals surface area contributed by atoms with E-state index in [0.29, 0.717) is 11.6 Å². The quantitative estimate of drug-likeness (QED) is 0.541. The molecule has 0 spiro atoms. The molecule has 0 radical (unpaired) electrons. The van der Waals surface area contributed by atoms with Crippen LogP contribution in [0.1, 0.15) is 63.0 Å². The van der Waals surface area contributed by atoms with Gasteiger partial charge in [-0.15, -0.1) is 0 Å². The van der Waals surface area contributed by atoms with Crippen molar-refractivity contribution in [2.24, 2.45) is 4.99 Å². The van der Waals surface area contributed by atoms with Gasteiger partial charge >= 0.3 is 11.9 Å². The van der Waals surface area contributed by atoms with Gasteiger partial charge in [-0.3, -0.25) is 4.99 Å². The van der Waals surface area contributed by atoms with Crippen LogP contribution in [0.5, 0.6) is 0 Å². The lowest BCUT2D eigenvalue weighted by Crippen LogP contribution is -2.07. The van der Waals surface area contributed by atoms with E-state index in [0.717, 1.165) is 34.3 Å². The van der Waals surface area contributed by atoms with Gasteiger partial charge in [-0.05, 0) is 55.7 Å². The summed E-state index contributed by atoms with van der Waals surface area (Å²) < 4.78 is 1.84. The summed E-state index contributed by atoms with van der Waals surface area (Å²) in [6.07, 6.45) is 1.79. The lowest BCUT2D eigenvalue weighted by Gasteiger charge is -2.12. The molecule has 3 aromatic rings. The number of benzene rings is 2. The van der Waals surface area contributed by atoms with Gasteiger partial charge in [-0.2, -0.15) is 0 Å². The number of nitrogens with zero attached hydrogens (tertiary/aromatic N) is 2. The normalized spacial score (nSPS) is 11.4. The number of carbonyl (C=O) groups is 2. The number of hydrogen-bond donors (Lipinski definition) is 2.